The maximum Gasteiger partial charge on any atom is 0.0370 e. The first kappa shape index (κ1) is 13.6. The first-order valence-corrected chi connectivity index (χ1v) is 6.53. The monoisotopic (exact) mass is 255 g/mol. The normalized spacial score (nSPS) is 10.7. The first-order valence-electron chi connectivity index (χ1n) is 6.53. The highest BCUT2D eigenvalue weighted by Crippen LogP contribution is 2.23. The molecule has 1 heterocycles. The van der Waals surface area contributed by atoms with Crippen LogP contribution >= 0.6 is 0 Å². The average molecular weight is 255 g/mol. The molecule has 0 saturated heterocycles. The maximum atomic E-state index is 4.06. The van der Waals surface area contributed by atoms with Crippen molar-refractivity contribution in [3.8, 4) is 11.1 Å². The van der Waals surface area contributed by atoms with Crippen LogP contribution in [0.5, 0.6) is 0 Å². The largest absolute Gasteiger partial charge is 0.373 e. The molecule has 0 radical (unpaired) electrons. The first-order chi connectivity index (χ1) is 9.16. The van der Waals surface area contributed by atoms with Crippen LogP contribution in [0.4, 0.5) is 5.69 Å². The number of likely N-dealkylation sites (N-methyl/N-ethyl adjacent to an activating group) is 2. The van der Waals surface area contributed by atoms with Crippen LogP contribution < -0.4 is 4.90 Å². The molecule has 1 aromatic carbocycles. The van der Waals surface area contributed by atoms with Crippen molar-refractivity contribution in [3.63, 3.8) is 0 Å². The summed E-state index contributed by atoms with van der Waals surface area (Å²) >= 11 is 0. The zero-order chi connectivity index (χ0) is 13.7. The molecule has 0 unspecified atom stereocenters. The van der Waals surface area contributed by atoms with Gasteiger partial charge in [0.25, 0.3) is 0 Å². The van der Waals surface area contributed by atoms with Gasteiger partial charge in [0, 0.05) is 38.2 Å². The molecule has 19 heavy (non-hydrogen) atoms. The van der Waals surface area contributed by atoms with Crippen molar-refractivity contribution in [2.24, 2.45) is 0 Å². The summed E-state index contributed by atoms with van der Waals surface area (Å²) in [4.78, 5) is 8.54. The second-order valence-corrected chi connectivity index (χ2v) is 5.01. The van der Waals surface area contributed by atoms with E-state index in [1.807, 2.05) is 24.5 Å². The van der Waals surface area contributed by atoms with Crippen molar-refractivity contribution in [1.29, 1.82) is 0 Å². The number of hydrogen-bond acceptors (Lipinski definition) is 3. The van der Waals surface area contributed by atoms with Gasteiger partial charge in [0.05, 0.1) is 0 Å². The quantitative estimate of drug-likeness (QED) is 0.819. The van der Waals surface area contributed by atoms with Crippen LogP contribution in [-0.4, -0.2) is 44.1 Å². The molecule has 0 atom stereocenters. The fourth-order valence-corrected chi connectivity index (χ4v) is 1.95. The van der Waals surface area contributed by atoms with Gasteiger partial charge in [-0.1, -0.05) is 12.1 Å². The summed E-state index contributed by atoms with van der Waals surface area (Å²) in [7, 11) is 6.33. The lowest BCUT2D eigenvalue weighted by atomic mass is 10.1. The van der Waals surface area contributed by atoms with E-state index < -0.39 is 0 Å². The van der Waals surface area contributed by atoms with Crippen LogP contribution in [0.3, 0.4) is 0 Å². The van der Waals surface area contributed by atoms with Gasteiger partial charge < -0.3 is 9.80 Å². The van der Waals surface area contributed by atoms with Gasteiger partial charge in [0.15, 0.2) is 0 Å². The van der Waals surface area contributed by atoms with Crippen LogP contribution in [0.15, 0.2) is 48.8 Å². The van der Waals surface area contributed by atoms with E-state index in [1.165, 1.54) is 16.8 Å². The zero-order valence-corrected chi connectivity index (χ0v) is 11.9. The van der Waals surface area contributed by atoms with Crippen molar-refractivity contribution in [2.45, 2.75) is 0 Å². The molecule has 0 fully saturated rings. The summed E-state index contributed by atoms with van der Waals surface area (Å²) in [5.74, 6) is 0. The highest BCUT2D eigenvalue weighted by Gasteiger charge is 2.03. The number of rotatable bonds is 5. The van der Waals surface area contributed by atoms with Crippen molar-refractivity contribution >= 4 is 5.69 Å². The van der Waals surface area contributed by atoms with Gasteiger partial charge in [-0.2, -0.15) is 0 Å². The molecule has 0 spiro atoms. The molecule has 0 aliphatic carbocycles. The number of aromatic nitrogens is 1. The Morgan fingerprint density at radius 3 is 2.32 bits per heavy atom. The van der Waals surface area contributed by atoms with E-state index >= 15 is 0 Å². The molecule has 3 nitrogen and oxygen atoms in total. The number of nitrogens with zero attached hydrogens (tertiary/aromatic N) is 3. The Morgan fingerprint density at radius 2 is 1.63 bits per heavy atom. The van der Waals surface area contributed by atoms with Crippen LogP contribution in [-0.2, 0) is 0 Å². The predicted molar refractivity (Wildman–Crippen MR) is 81.5 cm³/mol. The number of pyridine rings is 1. The smallest absolute Gasteiger partial charge is 0.0370 e. The van der Waals surface area contributed by atoms with E-state index in [9.17, 15) is 0 Å². The highest BCUT2D eigenvalue weighted by molar-refractivity contribution is 5.68. The molecule has 2 rings (SSSR count). The van der Waals surface area contributed by atoms with Gasteiger partial charge in [-0.05, 0) is 49.5 Å². The molecule has 0 aliphatic heterocycles. The second-order valence-electron chi connectivity index (χ2n) is 5.01. The van der Waals surface area contributed by atoms with Gasteiger partial charge in [-0.15, -0.1) is 0 Å². The highest BCUT2D eigenvalue weighted by atomic mass is 15.1. The molecule has 2 aromatic rings. The Bertz CT molecular complexity index is 508. The minimum Gasteiger partial charge on any atom is -0.373 e. The fraction of sp³-hybridized carbons (Fsp3) is 0.312. The Balaban J connectivity index is 2.15. The summed E-state index contributed by atoms with van der Waals surface area (Å²) in [6, 6.07) is 12.7. The van der Waals surface area contributed by atoms with E-state index in [-0.39, 0.29) is 0 Å². The van der Waals surface area contributed by atoms with Crippen LogP contribution in [0.2, 0.25) is 0 Å². The lowest BCUT2D eigenvalue weighted by Crippen LogP contribution is -2.28. The Morgan fingerprint density at radius 1 is 0.895 bits per heavy atom. The van der Waals surface area contributed by atoms with Crippen molar-refractivity contribution in [2.75, 3.05) is 39.1 Å². The molecule has 0 amide bonds. The molecule has 100 valence electrons. The summed E-state index contributed by atoms with van der Waals surface area (Å²) in [5.41, 5.74) is 3.69. The van der Waals surface area contributed by atoms with Crippen molar-refractivity contribution in [3.05, 3.63) is 48.8 Å². The average Bonchev–Trinajstić information content (AvgIpc) is 2.46. The standard InChI is InChI=1S/C16H21N3/c1-18(2)11-12-19(3)16-6-4-5-15(13-16)14-7-9-17-10-8-14/h4-10,13H,11-12H2,1-3H3. The summed E-state index contributed by atoms with van der Waals surface area (Å²) in [6.45, 7) is 2.07. The molecule has 0 bridgehead atoms. The fourth-order valence-electron chi connectivity index (χ4n) is 1.95. The number of benzene rings is 1. The molecular formula is C16H21N3. The van der Waals surface area contributed by atoms with E-state index in [0.717, 1.165) is 13.1 Å². The topological polar surface area (TPSA) is 19.4 Å². The van der Waals surface area contributed by atoms with Gasteiger partial charge in [-0.25, -0.2) is 0 Å². The lowest BCUT2D eigenvalue weighted by molar-refractivity contribution is 0.416. The van der Waals surface area contributed by atoms with Gasteiger partial charge in [-0.3, -0.25) is 4.98 Å². The Kier molecular flexibility index (Phi) is 4.53. The van der Waals surface area contributed by atoms with Crippen LogP contribution in [0.1, 0.15) is 0 Å². The molecular weight excluding hydrogens is 234 g/mol. The second kappa shape index (κ2) is 6.34. The SMILES string of the molecule is CN(C)CCN(C)c1cccc(-c2ccncc2)c1. The van der Waals surface area contributed by atoms with Gasteiger partial charge in [0.1, 0.15) is 0 Å². The van der Waals surface area contributed by atoms with Crippen molar-refractivity contribution < 1.29 is 0 Å². The Labute approximate surface area is 115 Å². The van der Waals surface area contributed by atoms with Crippen LogP contribution in [0, 0.1) is 0 Å². The third-order valence-corrected chi connectivity index (χ3v) is 3.18. The lowest BCUT2D eigenvalue weighted by Gasteiger charge is -2.22. The van der Waals surface area contributed by atoms with E-state index in [2.05, 4.69) is 60.2 Å². The zero-order valence-electron chi connectivity index (χ0n) is 11.9. The Hall–Kier alpha value is -1.87. The molecule has 0 saturated carbocycles. The minimum absolute atomic E-state index is 1.02. The predicted octanol–water partition coefficient (Wildman–Crippen LogP) is 2.75. The third-order valence-electron chi connectivity index (χ3n) is 3.18. The minimum atomic E-state index is 1.02. The molecule has 0 N–H and O–H groups in total. The summed E-state index contributed by atoms with van der Waals surface area (Å²) < 4.78 is 0. The summed E-state index contributed by atoms with van der Waals surface area (Å²) in [5, 5.41) is 0. The van der Waals surface area contributed by atoms with Crippen molar-refractivity contribution in [1.82, 2.24) is 9.88 Å². The van der Waals surface area contributed by atoms with E-state index in [0.29, 0.717) is 0 Å². The maximum absolute atomic E-state index is 4.06. The number of hydrogen-bond donors (Lipinski definition) is 0. The van der Waals surface area contributed by atoms with Crippen LogP contribution in [0.25, 0.3) is 11.1 Å². The summed E-state index contributed by atoms with van der Waals surface area (Å²) in [6.07, 6.45) is 3.66. The van der Waals surface area contributed by atoms with E-state index in [4.69, 9.17) is 0 Å². The molecule has 3 heteroatoms. The van der Waals surface area contributed by atoms with E-state index in [1.54, 1.807) is 0 Å². The number of anilines is 1. The molecule has 0 aliphatic rings. The third kappa shape index (κ3) is 3.80. The van der Waals surface area contributed by atoms with Gasteiger partial charge in [0.2, 0.25) is 0 Å². The molecule has 1 aromatic heterocycles. The van der Waals surface area contributed by atoms with Gasteiger partial charge >= 0.3 is 0 Å².